The second kappa shape index (κ2) is 6.41. The Balaban J connectivity index is 0.00000180. The molecule has 1 aromatic rings. The highest BCUT2D eigenvalue weighted by Crippen LogP contribution is 2.33. The van der Waals surface area contributed by atoms with E-state index in [0.717, 1.165) is 9.35 Å². The van der Waals surface area contributed by atoms with Gasteiger partial charge in [-0.15, -0.1) is 23.7 Å². The number of hydrogen-bond acceptors (Lipinski definition) is 4. The molecule has 0 radical (unpaired) electrons. The Kier molecular flexibility index (Phi) is 5.86. The molecule has 1 aliphatic heterocycles. The molecule has 110 valence electrons. The summed E-state index contributed by atoms with van der Waals surface area (Å²) in [5.41, 5.74) is 0.967. The number of sulfonamides is 1. The fourth-order valence-corrected chi connectivity index (χ4v) is 6.07. The highest BCUT2D eigenvalue weighted by molar-refractivity contribution is 9.11. The molecule has 2 unspecified atom stereocenters. The van der Waals surface area contributed by atoms with Crippen LogP contribution in [0.25, 0.3) is 0 Å². The SMILES string of the molecule is Cc1cc(S(=O)(=O)N2CC(C)NCC2C)sc1Br.Cl. The van der Waals surface area contributed by atoms with E-state index in [1.807, 2.05) is 20.8 Å². The summed E-state index contributed by atoms with van der Waals surface area (Å²) in [6.07, 6.45) is 0. The maximum Gasteiger partial charge on any atom is 0.252 e. The molecule has 1 saturated heterocycles. The summed E-state index contributed by atoms with van der Waals surface area (Å²) in [6, 6.07) is 1.93. The van der Waals surface area contributed by atoms with Crippen LogP contribution in [0.15, 0.2) is 14.1 Å². The van der Waals surface area contributed by atoms with Crippen LogP contribution in [0.3, 0.4) is 0 Å². The Morgan fingerprint density at radius 3 is 2.63 bits per heavy atom. The highest BCUT2D eigenvalue weighted by atomic mass is 79.9. The molecule has 0 amide bonds. The Morgan fingerprint density at radius 1 is 1.47 bits per heavy atom. The minimum Gasteiger partial charge on any atom is -0.311 e. The smallest absolute Gasteiger partial charge is 0.252 e. The fourth-order valence-electron chi connectivity index (χ4n) is 2.00. The highest BCUT2D eigenvalue weighted by Gasteiger charge is 2.34. The van der Waals surface area contributed by atoms with Crippen molar-refractivity contribution in [3.8, 4) is 0 Å². The Morgan fingerprint density at radius 2 is 2.11 bits per heavy atom. The van der Waals surface area contributed by atoms with Crippen molar-refractivity contribution >= 4 is 49.7 Å². The van der Waals surface area contributed by atoms with Gasteiger partial charge in [-0.2, -0.15) is 4.31 Å². The van der Waals surface area contributed by atoms with E-state index < -0.39 is 10.0 Å². The second-order valence-electron chi connectivity index (χ2n) is 4.76. The van der Waals surface area contributed by atoms with Crippen LogP contribution in [0, 0.1) is 6.92 Å². The lowest BCUT2D eigenvalue weighted by Gasteiger charge is -2.36. The summed E-state index contributed by atoms with van der Waals surface area (Å²) in [5.74, 6) is 0. The zero-order valence-corrected chi connectivity index (χ0v) is 15.0. The van der Waals surface area contributed by atoms with Crippen molar-refractivity contribution in [1.29, 1.82) is 0 Å². The maximum atomic E-state index is 12.6. The normalized spacial score (nSPS) is 25.1. The van der Waals surface area contributed by atoms with Crippen molar-refractivity contribution in [2.24, 2.45) is 0 Å². The minimum absolute atomic E-state index is 0. The van der Waals surface area contributed by atoms with Crippen molar-refractivity contribution < 1.29 is 8.42 Å². The summed E-state index contributed by atoms with van der Waals surface area (Å²) in [7, 11) is -3.36. The van der Waals surface area contributed by atoms with Gasteiger partial charge in [0.2, 0.25) is 0 Å². The van der Waals surface area contributed by atoms with Gasteiger partial charge in [-0.25, -0.2) is 8.42 Å². The standard InChI is InChI=1S/C11H17BrN2O2S2.ClH/c1-7-4-10(17-11(7)12)18(15,16)14-6-8(2)13-5-9(14)3;/h4,8-9,13H,5-6H2,1-3H3;1H. The number of nitrogens with one attached hydrogen (secondary N) is 1. The average molecular weight is 390 g/mol. The van der Waals surface area contributed by atoms with Crippen LogP contribution in [0.2, 0.25) is 0 Å². The van der Waals surface area contributed by atoms with Gasteiger partial charge in [-0.05, 0) is 48.3 Å². The second-order valence-corrected chi connectivity index (χ2v) is 9.24. The summed E-state index contributed by atoms with van der Waals surface area (Å²) >= 11 is 4.67. The molecular formula is C11H18BrClN2O2S2. The number of piperazine rings is 1. The fraction of sp³-hybridized carbons (Fsp3) is 0.636. The molecule has 2 heterocycles. The third-order valence-electron chi connectivity index (χ3n) is 3.10. The molecule has 0 aliphatic carbocycles. The number of aryl methyl sites for hydroxylation is 1. The minimum atomic E-state index is -3.36. The van der Waals surface area contributed by atoms with Crippen molar-refractivity contribution in [2.45, 2.75) is 37.1 Å². The van der Waals surface area contributed by atoms with Gasteiger partial charge in [0.15, 0.2) is 0 Å². The number of nitrogens with zero attached hydrogens (tertiary/aromatic N) is 1. The van der Waals surface area contributed by atoms with Gasteiger partial charge in [0.1, 0.15) is 4.21 Å². The van der Waals surface area contributed by atoms with E-state index in [4.69, 9.17) is 0 Å². The van der Waals surface area contributed by atoms with Crippen molar-refractivity contribution in [3.63, 3.8) is 0 Å². The third-order valence-corrected chi connectivity index (χ3v) is 7.67. The number of halogens is 2. The molecular weight excluding hydrogens is 372 g/mol. The molecule has 1 aliphatic rings. The van der Waals surface area contributed by atoms with Crippen molar-refractivity contribution in [2.75, 3.05) is 13.1 Å². The van der Waals surface area contributed by atoms with Gasteiger partial charge in [0.25, 0.3) is 10.0 Å². The molecule has 0 aromatic carbocycles. The number of thiophene rings is 1. The monoisotopic (exact) mass is 388 g/mol. The number of rotatable bonds is 2. The van der Waals surface area contributed by atoms with Crippen LogP contribution >= 0.6 is 39.7 Å². The van der Waals surface area contributed by atoms with Gasteiger partial charge < -0.3 is 5.32 Å². The average Bonchev–Trinajstić information content (AvgIpc) is 2.63. The molecule has 4 nitrogen and oxygen atoms in total. The maximum absolute atomic E-state index is 12.6. The first-order chi connectivity index (χ1) is 8.32. The topological polar surface area (TPSA) is 49.4 Å². The van der Waals surface area contributed by atoms with Crippen LogP contribution in [0.5, 0.6) is 0 Å². The summed E-state index contributed by atoms with van der Waals surface area (Å²) in [4.78, 5) is 0. The lowest BCUT2D eigenvalue weighted by molar-refractivity contribution is 0.245. The van der Waals surface area contributed by atoms with E-state index in [2.05, 4.69) is 21.2 Å². The summed E-state index contributed by atoms with van der Waals surface area (Å²) in [5, 5.41) is 3.29. The molecule has 1 fully saturated rings. The molecule has 1 aromatic heterocycles. The third kappa shape index (κ3) is 3.51. The van der Waals surface area contributed by atoms with Crippen LogP contribution < -0.4 is 5.32 Å². The largest absolute Gasteiger partial charge is 0.311 e. The molecule has 0 spiro atoms. The Hall–Kier alpha value is 0.340. The first kappa shape index (κ1) is 17.4. The van der Waals surface area contributed by atoms with Gasteiger partial charge in [-0.1, -0.05) is 0 Å². The summed E-state index contributed by atoms with van der Waals surface area (Å²) in [6.45, 7) is 7.07. The van der Waals surface area contributed by atoms with Crippen LogP contribution in [-0.4, -0.2) is 37.9 Å². The van der Waals surface area contributed by atoms with Gasteiger partial charge >= 0.3 is 0 Å². The van der Waals surface area contributed by atoms with Crippen molar-refractivity contribution in [1.82, 2.24) is 9.62 Å². The van der Waals surface area contributed by atoms with E-state index in [1.54, 1.807) is 10.4 Å². The lowest BCUT2D eigenvalue weighted by Crippen LogP contribution is -2.55. The molecule has 0 saturated carbocycles. The van der Waals surface area contributed by atoms with Crippen LogP contribution in [0.1, 0.15) is 19.4 Å². The first-order valence-electron chi connectivity index (χ1n) is 5.83. The first-order valence-corrected chi connectivity index (χ1v) is 8.88. The summed E-state index contributed by atoms with van der Waals surface area (Å²) < 4.78 is 28.1. The lowest BCUT2D eigenvalue weighted by atomic mass is 10.2. The molecule has 2 rings (SSSR count). The Labute approximate surface area is 133 Å². The van der Waals surface area contributed by atoms with Gasteiger partial charge in [-0.3, -0.25) is 0 Å². The van der Waals surface area contributed by atoms with Gasteiger partial charge in [0, 0.05) is 25.2 Å². The van der Waals surface area contributed by atoms with E-state index >= 15 is 0 Å². The molecule has 0 bridgehead atoms. The zero-order valence-electron chi connectivity index (χ0n) is 11.0. The molecule has 8 heteroatoms. The van der Waals surface area contributed by atoms with E-state index in [0.29, 0.717) is 17.3 Å². The predicted octanol–water partition coefficient (Wildman–Crippen LogP) is 2.61. The van der Waals surface area contributed by atoms with Crippen molar-refractivity contribution in [3.05, 3.63) is 15.4 Å². The zero-order chi connectivity index (χ0) is 13.5. The molecule has 1 N–H and O–H groups in total. The van der Waals surface area contributed by atoms with Gasteiger partial charge in [0.05, 0.1) is 3.79 Å². The van der Waals surface area contributed by atoms with E-state index in [9.17, 15) is 8.42 Å². The quantitative estimate of drug-likeness (QED) is 0.846. The Bertz CT molecular complexity index is 527. The predicted molar refractivity (Wildman–Crippen MR) is 84.8 cm³/mol. The number of hydrogen-bond donors (Lipinski definition) is 1. The van der Waals surface area contributed by atoms with E-state index in [1.165, 1.54) is 11.3 Å². The van der Waals surface area contributed by atoms with Crippen LogP contribution in [0.4, 0.5) is 0 Å². The molecule has 2 atom stereocenters. The van der Waals surface area contributed by atoms with E-state index in [-0.39, 0.29) is 24.5 Å². The van der Waals surface area contributed by atoms with Crippen LogP contribution in [-0.2, 0) is 10.0 Å². The molecule has 19 heavy (non-hydrogen) atoms.